The van der Waals surface area contributed by atoms with Gasteiger partial charge in [0.1, 0.15) is 6.61 Å². The highest BCUT2D eigenvalue weighted by Crippen LogP contribution is 2.23. The van der Waals surface area contributed by atoms with E-state index < -0.39 is 21.9 Å². The van der Waals surface area contributed by atoms with E-state index >= 15 is 0 Å². The fourth-order valence-corrected chi connectivity index (χ4v) is 1.59. The largest absolute Gasteiger partial charge is 0.389 e. The standard InChI is InChI=1S/C8H9F2NO3S/c9-8(10,6-12)15(13,14)11-7-4-2-1-3-5-7/h1-5,11-12H,6H2. The van der Waals surface area contributed by atoms with E-state index in [0.717, 1.165) is 0 Å². The molecule has 0 fully saturated rings. The number of nitrogens with one attached hydrogen (secondary N) is 1. The summed E-state index contributed by atoms with van der Waals surface area (Å²) in [7, 11) is -4.90. The Morgan fingerprint density at radius 3 is 2.27 bits per heavy atom. The lowest BCUT2D eigenvalue weighted by atomic mass is 10.3. The second kappa shape index (κ2) is 4.11. The maximum Gasteiger partial charge on any atom is 0.386 e. The Bertz CT molecular complexity index is 419. The lowest BCUT2D eigenvalue weighted by Gasteiger charge is -2.15. The second-order valence-electron chi connectivity index (χ2n) is 2.77. The molecule has 0 atom stereocenters. The van der Waals surface area contributed by atoms with Crippen molar-refractivity contribution in [1.29, 1.82) is 0 Å². The first-order valence-corrected chi connectivity index (χ1v) is 5.43. The van der Waals surface area contributed by atoms with Crippen LogP contribution in [0.3, 0.4) is 0 Å². The Morgan fingerprint density at radius 1 is 1.27 bits per heavy atom. The van der Waals surface area contributed by atoms with Crippen LogP contribution in [0, 0.1) is 0 Å². The van der Waals surface area contributed by atoms with Crippen molar-refractivity contribution in [3.8, 4) is 0 Å². The fraction of sp³-hybridized carbons (Fsp3) is 0.250. The van der Waals surface area contributed by atoms with Crippen LogP contribution in [-0.2, 0) is 10.0 Å². The van der Waals surface area contributed by atoms with Gasteiger partial charge in [0, 0.05) is 5.69 Å². The van der Waals surface area contributed by atoms with Crippen LogP contribution in [0.2, 0.25) is 0 Å². The number of benzene rings is 1. The molecule has 0 aliphatic heterocycles. The number of halogens is 2. The maximum atomic E-state index is 12.7. The van der Waals surface area contributed by atoms with Crippen molar-refractivity contribution >= 4 is 15.7 Å². The van der Waals surface area contributed by atoms with Gasteiger partial charge in [0.05, 0.1) is 0 Å². The lowest BCUT2D eigenvalue weighted by molar-refractivity contribution is 0.0269. The van der Waals surface area contributed by atoms with E-state index in [9.17, 15) is 17.2 Å². The van der Waals surface area contributed by atoms with Crippen molar-refractivity contribution in [3.63, 3.8) is 0 Å². The highest BCUT2D eigenvalue weighted by Gasteiger charge is 2.44. The molecule has 0 saturated heterocycles. The molecule has 0 unspecified atom stereocenters. The van der Waals surface area contributed by atoms with E-state index in [4.69, 9.17) is 5.11 Å². The van der Waals surface area contributed by atoms with E-state index in [-0.39, 0.29) is 5.69 Å². The first kappa shape index (κ1) is 11.9. The molecule has 84 valence electrons. The Morgan fingerprint density at radius 2 is 1.80 bits per heavy atom. The minimum absolute atomic E-state index is 0.0191. The molecule has 1 rings (SSSR count). The van der Waals surface area contributed by atoms with Gasteiger partial charge in [-0.25, -0.2) is 8.42 Å². The molecule has 0 saturated carbocycles. The SMILES string of the molecule is O=S(=O)(Nc1ccccc1)C(F)(F)CO. The summed E-state index contributed by atoms with van der Waals surface area (Å²) in [4.78, 5) is 0. The van der Waals surface area contributed by atoms with Crippen LogP contribution >= 0.6 is 0 Å². The Kier molecular flexibility index (Phi) is 3.25. The minimum Gasteiger partial charge on any atom is -0.389 e. The van der Waals surface area contributed by atoms with Crippen molar-refractivity contribution in [2.45, 2.75) is 5.25 Å². The zero-order chi connectivity index (χ0) is 11.5. The van der Waals surface area contributed by atoms with Gasteiger partial charge in [-0.15, -0.1) is 0 Å². The number of sulfonamides is 1. The van der Waals surface area contributed by atoms with Crippen molar-refractivity contribution in [1.82, 2.24) is 0 Å². The minimum atomic E-state index is -4.90. The highest BCUT2D eigenvalue weighted by molar-refractivity contribution is 7.93. The second-order valence-corrected chi connectivity index (χ2v) is 4.58. The molecule has 0 amide bonds. The molecule has 2 N–H and O–H groups in total. The van der Waals surface area contributed by atoms with Gasteiger partial charge in [0.25, 0.3) is 0 Å². The van der Waals surface area contributed by atoms with Gasteiger partial charge in [-0.3, -0.25) is 4.72 Å². The predicted molar refractivity (Wildman–Crippen MR) is 51.0 cm³/mol. The van der Waals surface area contributed by atoms with Gasteiger partial charge in [0.15, 0.2) is 0 Å². The summed E-state index contributed by atoms with van der Waals surface area (Å²) in [6.45, 7) is -1.75. The van der Waals surface area contributed by atoms with Gasteiger partial charge in [-0.1, -0.05) is 18.2 Å². The molecule has 0 aliphatic carbocycles. The number of aliphatic hydroxyl groups excluding tert-OH is 1. The number of aliphatic hydroxyl groups is 1. The zero-order valence-electron chi connectivity index (χ0n) is 7.52. The molecule has 0 heterocycles. The first-order chi connectivity index (χ1) is 6.89. The molecule has 0 aromatic heterocycles. The number of hydrogen-bond acceptors (Lipinski definition) is 3. The van der Waals surface area contributed by atoms with Crippen LogP contribution in [0.5, 0.6) is 0 Å². The van der Waals surface area contributed by atoms with E-state index in [0.29, 0.717) is 0 Å². The lowest BCUT2D eigenvalue weighted by Crippen LogP contribution is -2.37. The maximum absolute atomic E-state index is 12.7. The van der Waals surface area contributed by atoms with E-state index in [2.05, 4.69) is 0 Å². The average molecular weight is 237 g/mol. The number of hydrogen-bond donors (Lipinski definition) is 2. The van der Waals surface area contributed by atoms with Crippen LogP contribution in [0.15, 0.2) is 30.3 Å². The summed E-state index contributed by atoms with van der Waals surface area (Å²) < 4.78 is 49.2. The first-order valence-electron chi connectivity index (χ1n) is 3.95. The molecular formula is C8H9F2NO3S. The van der Waals surface area contributed by atoms with Crippen LogP contribution in [-0.4, -0.2) is 25.4 Å². The molecule has 7 heteroatoms. The summed E-state index contributed by atoms with van der Waals surface area (Å²) in [5.41, 5.74) is 0.0191. The fourth-order valence-electron chi connectivity index (χ4n) is 0.821. The van der Waals surface area contributed by atoms with Crippen molar-refractivity contribution in [2.75, 3.05) is 11.3 Å². The van der Waals surface area contributed by atoms with Gasteiger partial charge in [-0.2, -0.15) is 8.78 Å². The van der Waals surface area contributed by atoms with E-state index in [1.54, 1.807) is 10.8 Å². The van der Waals surface area contributed by atoms with Gasteiger partial charge >= 0.3 is 15.3 Å². The monoisotopic (exact) mass is 237 g/mol. The van der Waals surface area contributed by atoms with E-state index in [1.165, 1.54) is 24.3 Å². The molecule has 4 nitrogen and oxygen atoms in total. The van der Waals surface area contributed by atoms with Crippen molar-refractivity contribution in [2.24, 2.45) is 0 Å². The highest BCUT2D eigenvalue weighted by atomic mass is 32.2. The van der Waals surface area contributed by atoms with Crippen molar-refractivity contribution < 1.29 is 22.3 Å². The Labute approximate surface area is 85.6 Å². The van der Waals surface area contributed by atoms with Crippen LogP contribution in [0.4, 0.5) is 14.5 Å². The molecule has 15 heavy (non-hydrogen) atoms. The number of rotatable bonds is 4. The third-order valence-electron chi connectivity index (χ3n) is 1.60. The Hall–Kier alpha value is -1.21. The van der Waals surface area contributed by atoms with E-state index in [1.807, 2.05) is 0 Å². The van der Waals surface area contributed by atoms with Crippen LogP contribution < -0.4 is 4.72 Å². The van der Waals surface area contributed by atoms with Gasteiger partial charge in [0.2, 0.25) is 0 Å². The molecule has 0 spiro atoms. The molecule has 1 aromatic rings. The third-order valence-corrected chi connectivity index (χ3v) is 3.02. The summed E-state index contributed by atoms with van der Waals surface area (Å²) in [5.74, 6) is 0. The van der Waals surface area contributed by atoms with Crippen LogP contribution in [0.1, 0.15) is 0 Å². The quantitative estimate of drug-likeness (QED) is 0.821. The summed E-state index contributed by atoms with van der Waals surface area (Å²) in [5, 5.41) is 4.05. The van der Waals surface area contributed by atoms with Gasteiger partial charge < -0.3 is 5.11 Å². The van der Waals surface area contributed by atoms with Crippen molar-refractivity contribution in [3.05, 3.63) is 30.3 Å². The normalized spacial score (nSPS) is 12.5. The number of anilines is 1. The smallest absolute Gasteiger partial charge is 0.386 e. The average Bonchev–Trinajstić information content (AvgIpc) is 2.18. The Balaban J connectivity index is 2.92. The third kappa shape index (κ3) is 2.63. The van der Waals surface area contributed by atoms with Crippen LogP contribution in [0.25, 0.3) is 0 Å². The topological polar surface area (TPSA) is 66.4 Å². The predicted octanol–water partition coefficient (Wildman–Crippen LogP) is 1.01. The summed E-state index contributed by atoms with van der Waals surface area (Å²) >= 11 is 0. The molecule has 0 bridgehead atoms. The zero-order valence-corrected chi connectivity index (χ0v) is 8.34. The summed E-state index contributed by atoms with van der Waals surface area (Å²) in [6, 6.07) is 7.25. The molecule has 0 radical (unpaired) electrons. The molecular weight excluding hydrogens is 228 g/mol. The number of para-hydroxylation sites is 1. The summed E-state index contributed by atoms with van der Waals surface area (Å²) in [6.07, 6.45) is 0. The molecule has 0 aliphatic rings. The number of alkyl halides is 2. The van der Waals surface area contributed by atoms with Gasteiger partial charge in [-0.05, 0) is 12.1 Å². The molecule has 1 aromatic carbocycles.